The van der Waals surface area contributed by atoms with E-state index in [4.69, 9.17) is 9.90 Å². The normalized spacial score (nSPS) is 8.40. The maximum Gasteiger partial charge on any atom is 0.414 e. The van der Waals surface area contributed by atoms with Gasteiger partial charge in [0.25, 0.3) is 0 Å². The van der Waals surface area contributed by atoms with E-state index in [2.05, 4.69) is 13.2 Å². The lowest BCUT2D eigenvalue weighted by Gasteiger charge is -1.78. The van der Waals surface area contributed by atoms with Gasteiger partial charge in [-0.2, -0.15) is 0 Å². The Morgan fingerprint density at radius 1 is 1.30 bits per heavy atom. The van der Waals surface area contributed by atoms with E-state index in [0.717, 1.165) is 10.8 Å². The van der Waals surface area contributed by atoms with Gasteiger partial charge in [0.1, 0.15) is 0 Å². The average Bonchev–Trinajstić information content (AvgIpc) is 1.90. The second-order valence-corrected chi connectivity index (χ2v) is 2.86. The number of aliphatic hydroxyl groups excluding tert-OH is 1. The Bertz CT molecular complexity index is 188. The molecule has 0 aromatic rings. The summed E-state index contributed by atoms with van der Waals surface area (Å²) in [4.78, 5) is 8.24. The third-order valence-corrected chi connectivity index (χ3v) is 1.39. The summed E-state index contributed by atoms with van der Waals surface area (Å²) in [5.41, 5.74) is 0. The maximum atomic E-state index is 10.1. The minimum Gasteiger partial charge on any atom is -0.473 e. The molecule has 0 unspecified atom stereocenters. The van der Waals surface area contributed by atoms with Crippen LogP contribution in [0.1, 0.15) is 0 Å². The van der Waals surface area contributed by atoms with Crippen LogP contribution in [-0.4, -0.2) is 20.0 Å². The van der Waals surface area contributed by atoms with Gasteiger partial charge in [-0.3, -0.25) is 0 Å². The van der Waals surface area contributed by atoms with Crippen molar-refractivity contribution in [3.63, 3.8) is 0 Å². The first-order valence-corrected chi connectivity index (χ1v) is 3.66. The van der Waals surface area contributed by atoms with Crippen LogP contribution in [0, 0.1) is 0 Å². The van der Waals surface area contributed by atoms with Crippen LogP contribution >= 0.6 is 0 Å². The van der Waals surface area contributed by atoms with Gasteiger partial charge in [0.05, 0.1) is 0 Å². The number of hydrogen-bond acceptors (Lipinski definition) is 3. The molecule has 1 radical (unpaired) electrons. The Kier molecular flexibility index (Phi) is 7.03. The van der Waals surface area contributed by atoms with Crippen LogP contribution in [0.25, 0.3) is 0 Å². The van der Waals surface area contributed by atoms with Gasteiger partial charge >= 0.3 is 6.47 Å². The quantitative estimate of drug-likeness (QED) is 0.635. The van der Waals surface area contributed by atoms with Gasteiger partial charge in [0.2, 0.25) is 0 Å². The maximum absolute atomic E-state index is 10.1. The van der Waals surface area contributed by atoms with Gasteiger partial charge < -0.3 is 5.11 Å². The van der Waals surface area contributed by atoms with Crippen molar-refractivity contribution < 1.29 is 18.3 Å². The Balaban J connectivity index is 0. The third-order valence-electron chi connectivity index (χ3n) is 0.465. The summed E-state index contributed by atoms with van der Waals surface area (Å²) in [6.07, 6.45) is 0. The van der Waals surface area contributed by atoms with Crippen molar-refractivity contribution in [2.45, 2.75) is 0 Å². The number of rotatable bonds is 2. The predicted octanol–water partition coefficient (Wildman–Crippen LogP) is 0.300. The zero-order valence-electron chi connectivity index (χ0n) is 5.15. The second-order valence-electron chi connectivity index (χ2n) is 1.01. The van der Waals surface area contributed by atoms with Gasteiger partial charge in [-0.05, 0) is 0 Å². The summed E-state index contributed by atoms with van der Waals surface area (Å²) < 4.78 is 20.3. The van der Waals surface area contributed by atoms with Gasteiger partial charge in [0.15, 0.2) is 9.84 Å². The Labute approximate surface area is 59.4 Å². The SMILES string of the molecule is C=CS(=O)(=O)C=C.O=[C]O. The molecule has 0 aliphatic heterocycles. The first-order chi connectivity index (χ1) is 4.54. The summed E-state index contributed by atoms with van der Waals surface area (Å²) in [7, 11) is -3.13. The minimum absolute atomic E-state index is 0.500. The van der Waals surface area contributed by atoms with Crippen molar-refractivity contribution in [2.75, 3.05) is 0 Å². The molecule has 0 amide bonds. The molecule has 57 valence electrons. The highest BCUT2D eigenvalue weighted by atomic mass is 32.2. The Morgan fingerprint density at radius 3 is 1.50 bits per heavy atom. The summed E-state index contributed by atoms with van der Waals surface area (Å²) >= 11 is 0. The molecule has 0 aliphatic carbocycles. The molecule has 1 N–H and O–H groups in total. The van der Waals surface area contributed by atoms with Gasteiger partial charge in [-0.15, -0.1) is 0 Å². The molecule has 0 aromatic heterocycles. The zero-order valence-corrected chi connectivity index (χ0v) is 5.97. The highest BCUT2D eigenvalue weighted by molar-refractivity contribution is 7.97. The van der Waals surface area contributed by atoms with Gasteiger partial charge in [-0.25, -0.2) is 13.2 Å². The Morgan fingerprint density at radius 2 is 1.50 bits per heavy atom. The highest BCUT2D eigenvalue weighted by Crippen LogP contribution is 1.87. The van der Waals surface area contributed by atoms with E-state index in [1.54, 1.807) is 0 Å². The van der Waals surface area contributed by atoms with Crippen LogP contribution in [0.4, 0.5) is 0 Å². The van der Waals surface area contributed by atoms with Gasteiger partial charge in [-0.1, -0.05) is 13.2 Å². The highest BCUT2D eigenvalue weighted by Gasteiger charge is 1.90. The fourth-order valence-electron chi connectivity index (χ4n) is 0.0680. The lowest BCUT2D eigenvalue weighted by molar-refractivity contribution is 0.437. The van der Waals surface area contributed by atoms with Crippen molar-refractivity contribution in [2.24, 2.45) is 0 Å². The second kappa shape index (κ2) is 6.03. The molecule has 0 atom stereocenters. The van der Waals surface area contributed by atoms with Crippen molar-refractivity contribution in [3.05, 3.63) is 24.0 Å². The summed E-state index contributed by atoms with van der Waals surface area (Å²) in [6.45, 7) is 6.59. The predicted molar refractivity (Wildman–Crippen MR) is 37.6 cm³/mol. The number of hydrogen-bond donors (Lipinski definition) is 1. The molecule has 10 heavy (non-hydrogen) atoms. The third kappa shape index (κ3) is 10.0. The van der Waals surface area contributed by atoms with Crippen LogP contribution < -0.4 is 0 Å². The minimum atomic E-state index is -3.13. The lowest BCUT2D eigenvalue weighted by Crippen LogP contribution is -1.83. The average molecular weight is 163 g/mol. The first kappa shape index (κ1) is 11.7. The molecule has 5 heteroatoms. The van der Waals surface area contributed by atoms with Crippen molar-refractivity contribution in [3.8, 4) is 0 Å². The van der Waals surface area contributed by atoms with E-state index in [1.807, 2.05) is 0 Å². The standard InChI is InChI=1S/C4H6O2S.CHO2/c1-3-7(5,6)4-2;2-1-3/h3-4H,1-2H2;(H,2,3). The van der Waals surface area contributed by atoms with E-state index >= 15 is 0 Å². The number of sulfone groups is 1. The fraction of sp³-hybridized carbons (Fsp3) is 0. The van der Waals surface area contributed by atoms with E-state index in [0.29, 0.717) is 6.47 Å². The molecule has 0 aromatic carbocycles. The molecule has 0 aliphatic rings. The molecule has 0 spiro atoms. The molecular weight excluding hydrogens is 156 g/mol. The molecular formula is C5H7O4S. The van der Waals surface area contributed by atoms with Gasteiger partial charge in [0, 0.05) is 10.8 Å². The van der Waals surface area contributed by atoms with E-state index in [9.17, 15) is 8.42 Å². The van der Waals surface area contributed by atoms with Crippen LogP contribution in [-0.2, 0) is 14.6 Å². The van der Waals surface area contributed by atoms with E-state index < -0.39 is 9.84 Å². The molecule has 0 fully saturated rings. The molecule has 0 bridgehead atoms. The summed E-state index contributed by atoms with van der Waals surface area (Å²) in [5.74, 6) is 0. The van der Waals surface area contributed by atoms with Crippen molar-refractivity contribution in [1.29, 1.82) is 0 Å². The van der Waals surface area contributed by atoms with Crippen molar-refractivity contribution >= 4 is 16.3 Å². The van der Waals surface area contributed by atoms with Crippen molar-refractivity contribution in [1.82, 2.24) is 0 Å². The fourth-order valence-corrected chi connectivity index (χ4v) is 0.204. The molecule has 0 saturated carbocycles. The summed E-state index contributed by atoms with van der Waals surface area (Å²) in [5, 5.41) is 8.46. The smallest absolute Gasteiger partial charge is 0.414 e. The molecule has 0 rings (SSSR count). The van der Waals surface area contributed by atoms with E-state index in [-0.39, 0.29) is 0 Å². The van der Waals surface area contributed by atoms with Crippen LogP contribution in [0.15, 0.2) is 24.0 Å². The molecule has 0 saturated heterocycles. The molecule has 4 nitrogen and oxygen atoms in total. The van der Waals surface area contributed by atoms with Crippen LogP contribution in [0.3, 0.4) is 0 Å². The molecule has 0 heterocycles. The monoisotopic (exact) mass is 163 g/mol. The van der Waals surface area contributed by atoms with E-state index in [1.165, 1.54) is 0 Å². The van der Waals surface area contributed by atoms with Crippen LogP contribution in [0.2, 0.25) is 0 Å². The zero-order chi connectivity index (χ0) is 8.62. The van der Waals surface area contributed by atoms with Crippen LogP contribution in [0.5, 0.6) is 0 Å². The summed E-state index contributed by atoms with van der Waals surface area (Å²) in [6, 6.07) is 0. The Hall–Kier alpha value is -1.10. The first-order valence-electron chi connectivity index (χ1n) is 2.05. The largest absolute Gasteiger partial charge is 0.473 e. The lowest BCUT2D eigenvalue weighted by atomic mass is 11.3. The topological polar surface area (TPSA) is 71.4 Å².